The molecule has 0 spiro atoms. The second-order valence-electron chi connectivity index (χ2n) is 2.43. The van der Waals surface area contributed by atoms with Gasteiger partial charge in [0.1, 0.15) is 0 Å². The molecule has 1 aliphatic heterocycles. The molecule has 0 aromatic rings. The molecule has 0 aliphatic carbocycles. The molecule has 0 saturated carbocycles. The van der Waals surface area contributed by atoms with Crippen LogP contribution in [-0.4, -0.2) is 23.5 Å². The third-order valence-electron chi connectivity index (χ3n) is 1.56. The molecule has 0 saturated heterocycles. The van der Waals surface area contributed by atoms with Gasteiger partial charge in [0, 0.05) is 6.20 Å². The third-order valence-corrected chi connectivity index (χ3v) is 1.56. The molecule has 0 aromatic heterocycles. The maximum Gasteiger partial charge on any atom is 0.370 e. The predicted octanol–water partition coefficient (Wildman–Crippen LogP) is 0.774. The van der Waals surface area contributed by atoms with Crippen molar-refractivity contribution in [2.24, 2.45) is 0 Å². The highest BCUT2D eigenvalue weighted by Crippen LogP contribution is 2.23. The molecule has 1 unspecified atom stereocenters. The number of carboxylic acid groups (broad SMARTS) is 1. The van der Waals surface area contributed by atoms with Crippen LogP contribution in [0.25, 0.3) is 0 Å². The van der Waals surface area contributed by atoms with Crippen molar-refractivity contribution in [3.05, 3.63) is 24.1 Å². The molecule has 1 aliphatic rings. The van der Waals surface area contributed by atoms with E-state index < -0.39 is 11.8 Å². The Kier molecular flexibility index (Phi) is 2.55. The smallest absolute Gasteiger partial charge is 0.370 e. The summed E-state index contributed by atoms with van der Waals surface area (Å²) in [5, 5.41) is 10.7. The Labute approximate surface area is 74.7 Å². The molecular formula is C8H10FNO3. The SMILES string of the molecule is CCOC1=CC=CNC1(F)C(=O)O. The van der Waals surface area contributed by atoms with Crippen LogP contribution >= 0.6 is 0 Å². The van der Waals surface area contributed by atoms with Crippen molar-refractivity contribution in [2.75, 3.05) is 6.61 Å². The van der Waals surface area contributed by atoms with Crippen LogP contribution in [-0.2, 0) is 9.53 Å². The topological polar surface area (TPSA) is 58.6 Å². The summed E-state index contributed by atoms with van der Waals surface area (Å²) in [5.41, 5.74) is 0. The minimum atomic E-state index is -2.63. The van der Waals surface area contributed by atoms with E-state index in [9.17, 15) is 9.18 Å². The van der Waals surface area contributed by atoms with E-state index in [2.05, 4.69) is 5.32 Å². The van der Waals surface area contributed by atoms with E-state index >= 15 is 0 Å². The maximum absolute atomic E-state index is 13.6. The van der Waals surface area contributed by atoms with E-state index in [-0.39, 0.29) is 12.4 Å². The number of alkyl halides is 1. The van der Waals surface area contributed by atoms with E-state index in [4.69, 9.17) is 9.84 Å². The second-order valence-corrected chi connectivity index (χ2v) is 2.43. The molecule has 5 heteroatoms. The monoisotopic (exact) mass is 187 g/mol. The maximum atomic E-state index is 13.6. The number of halogens is 1. The molecule has 1 atom stereocenters. The van der Waals surface area contributed by atoms with Crippen LogP contribution < -0.4 is 5.32 Å². The number of aliphatic carboxylic acids is 1. The van der Waals surface area contributed by atoms with Gasteiger partial charge in [-0.3, -0.25) is 0 Å². The van der Waals surface area contributed by atoms with Gasteiger partial charge < -0.3 is 15.2 Å². The zero-order valence-corrected chi connectivity index (χ0v) is 7.08. The number of carbonyl (C=O) groups is 1. The molecular weight excluding hydrogens is 177 g/mol. The fraction of sp³-hybridized carbons (Fsp3) is 0.375. The van der Waals surface area contributed by atoms with E-state index in [1.54, 1.807) is 6.92 Å². The Balaban J connectivity index is 2.91. The summed E-state index contributed by atoms with van der Waals surface area (Å²) >= 11 is 0. The lowest BCUT2D eigenvalue weighted by atomic mass is 10.1. The van der Waals surface area contributed by atoms with Crippen molar-refractivity contribution in [1.29, 1.82) is 0 Å². The van der Waals surface area contributed by atoms with Crippen LogP contribution in [0.1, 0.15) is 6.92 Å². The zero-order chi connectivity index (χ0) is 9.90. The van der Waals surface area contributed by atoms with Gasteiger partial charge in [0.25, 0.3) is 0 Å². The molecule has 0 aromatic carbocycles. The molecule has 4 nitrogen and oxygen atoms in total. The normalized spacial score (nSPS) is 26.2. The Morgan fingerprint density at radius 1 is 1.85 bits per heavy atom. The van der Waals surface area contributed by atoms with Crippen molar-refractivity contribution in [3.63, 3.8) is 0 Å². The summed E-state index contributed by atoms with van der Waals surface area (Å²) < 4.78 is 18.4. The highest BCUT2D eigenvalue weighted by molar-refractivity contribution is 5.81. The van der Waals surface area contributed by atoms with E-state index in [1.165, 1.54) is 18.4 Å². The summed E-state index contributed by atoms with van der Waals surface area (Å²) in [4.78, 5) is 10.6. The average Bonchev–Trinajstić information content (AvgIpc) is 2.09. The van der Waals surface area contributed by atoms with Crippen LogP contribution in [0.3, 0.4) is 0 Å². The third kappa shape index (κ3) is 1.63. The van der Waals surface area contributed by atoms with Crippen LogP contribution in [0.15, 0.2) is 24.1 Å². The quantitative estimate of drug-likeness (QED) is 0.641. The van der Waals surface area contributed by atoms with Crippen molar-refractivity contribution in [1.82, 2.24) is 5.32 Å². The molecule has 1 rings (SSSR count). The number of ether oxygens (including phenoxy) is 1. The Hall–Kier alpha value is -1.52. The molecule has 0 bridgehead atoms. The van der Waals surface area contributed by atoms with Gasteiger partial charge >= 0.3 is 11.8 Å². The van der Waals surface area contributed by atoms with Crippen molar-refractivity contribution in [2.45, 2.75) is 12.7 Å². The number of carboxylic acids is 1. The molecule has 0 fully saturated rings. The number of hydrogen-bond acceptors (Lipinski definition) is 3. The van der Waals surface area contributed by atoms with E-state index in [0.717, 1.165) is 0 Å². The van der Waals surface area contributed by atoms with E-state index in [1.807, 2.05) is 0 Å². The fourth-order valence-corrected chi connectivity index (χ4v) is 0.955. The Bertz CT molecular complexity index is 275. The van der Waals surface area contributed by atoms with Crippen molar-refractivity contribution >= 4 is 5.97 Å². The average molecular weight is 187 g/mol. The van der Waals surface area contributed by atoms with Gasteiger partial charge in [0.15, 0.2) is 5.76 Å². The molecule has 13 heavy (non-hydrogen) atoms. The number of dihydropyridines is 1. The van der Waals surface area contributed by atoms with Gasteiger partial charge in [-0.2, -0.15) is 4.39 Å². The lowest BCUT2D eigenvalue weighted by Crippen LogP contribution is -2.49. The van der Waals surface area contributed by atoms with Gasteiger partial charge in [-0.25, -0.2) is 4.79 Å². The highest BCUT2D eigenvalue weighted by Gasteiger charge is 2.44. The van der Waals surface area contributed by atoms with Gasteiger partial charge in [-0.15, -0.1) is 0 Å². The molecule has 2 N–H and O–H groups in total. The summed E-state index contributed by atoms with van der Waals surface area (Å²) in [6, 6.07) is 0. The van der Waals surface area contributed by atoms with Gasteiger partial charge in [0.2, 0.25) is 0 Å². The number of nitrogens with one attached hydrogen (secondary N) is 1. The van der Waals surface area contributed by atoms with Gasteiger partial charge in [0.05, 0.1) is 6.61 Å². The lowest BCUT2D eigenvalue weighted by Gasteiger charge is -2.25. The number of hydrogen-bond donors (Lipinski definition) is 2. The number of allylic oxidation sites excluding steroid dienone is 2. The summed E-state index contributed by atoms with van der Waals surface area (Å²) in [6.45, 7) is 1.88. The first kappa shape index (κ1) is 9.57. The van der Waals surface area contributed by atoms with Crippen LogP contribution in [0.4, 0.5) is 4.39 Å². The highest BCUT2D eigenvalue weighted by atomic mass is 19.1. The molecule has 0 radical (unpaired) electrons. The standard InChI is InChI=1S/C8H10FNO3/c1-2-13-6-4-3-5-10-8(6,9)7(11)12/h3-5,10H,2H2,1H3,(H,11,12). The first-order valence-electron chi connectivity index (χ1n) is 3.81. The van der Waals surface area contributed by atoms with E-state index in [0.29, 0.717) is 0 Å². The zero-order valence-electron chi connectivity index (χ0n) is 7.08. The molecule has 0 amide bonds. The molecule has 72 valence electrons. The summed E-state index contributed by atoms with van der Waals surface area (Å²) in [7, 11) is 0. The van der Waals surface area contributed by atoms with Crippen molar-refractivity contribution < 1.29 is 19.0 Å². The second kappa shape index (κ2) is 3.47. The van der Waals surface area contributed by atoms with Crippen LogP contribution in [0.2, 0.25) is 0 Å². The first-order chi connectivity index (χ1) is 6.11. The molecule has 1 heterocycles. The first-order valence-corrected chi connectivity index (χ1v) is 3.81. The predicted molar refractivity (Wildman–Crippen MR) is 43.5 cm³/mol. The lowest BCUT2D eigenvalue weighted by molar-refractivity contribution is -0.152. The minimum Gasteiger partial charge on any atom is -0.492 e. The Morgan fingerprint density at radius 3 is 3.08 bits per heavy atom. The van der Waals surface area contributed by atoms with Crippen molar-refractivity contribution in [3.8, 4) is 0 Å². The fourth-order valence-electron chi connectivity index (χ4n) is 0.955. The largest absolute Gasteiger partial charge is 0.492 e. The minimum absolute atomic E-state index is 0.223. The summed E-state index contributed by atoms with van der Waals surface area (Å²) in [6.07, 6.45) is 3.98. The summed E-state index contributed by atoms with van der Waals surface area (Å²) in [5.74, 6) is -4.48. The Morgan fingerprint density at radius 2 is 2.54 bits per heavy atom. The van der Waals surface area contributed by atoms with Crippen LogP contribution in [0, 0.1) is 0 Å². The number of rotatable bonds is 3. The van der Waals surface area contributed by atoms with Crippen LogP contribution in [0.5, 0.6) is 0 Å². The van der Waals surface area contributed by atoms with Gasteiger partial charge in [-0.1, -0.05) is 0 Å². The van der Waals surface area contributed by atoms with Gasteiger partial charge in [-0.05, 0) is 19.1 Å².